The van der Waals surface area contributed by atoms with Crippen molar-refractivity contribution in [1.82, 2.24) is 14.5 Å². The normalized spacial score (nSPS) is 24.3. The van der Waals surface area contributed by atoms with Crippen LogP contribution in [0.2, 0.25) is 0 Å². The van der Waals surface area contributed by atoms with Crippen LogP contribution in [-0.4, -0.2) is 74.4 Å². The highest BCUT2D eigenvalue weighted by Gasteiger charge is 2.37. The Morgan fingerprint density at radius 3 is 2.22 bits per heavy atom. The minimum Gasteiger partial charge on any atom is -0.444 e. The third kappa shape index (κ3) is 4.81. The number of ether oxygens (including phenoxy) is 1. The first kappa shape index (κ1) is 18.5. The topological polar surface area (TPSA) is 79.0 Å². The quantitative estimate of drug-likeness (QED) is 0.821. The lowest BCUT2D eigenvalue weighted by Gasteiger charge is -2.44. The lowest BCUT2D eigenvalue weighted by atomic mass is 10.0. The monoisotopic (exact) mass is 347 g/mol. The van der Waals surface area contributed by atoms with E-state index in [1.54, 1.807) is 4.90 Å². The molecule has 2 aliphatic rings. The summed E-state index contributed by atoms with van der Waals surface area (Å²) in [5.41, 5.74) is -0.475. The number of sulfonamides is 1. The molecule has 0 aromatic heterocycles. The van der Waals surface area contributed by atoms with Crippen LogP contribution in [0.15, 0.2) is 0 Å². The van der Waals surface area contributed by atoms with Crippen LogP contribution >= 0.6 is 0 Å². The zero-order chi connectivity index (χ0) is 17.3. The second-order valence-electron chi connectivity index (χ2n) is 7.37. The van der Waals surface area contributed by atoms with Crippen molar-refractivity contribution < 1.29 is 17.9 Å². The molecule has 0 aromatic rings. The zero-order valence-corrected chi connectivity index (χ0v) is 15.4. The van der Waals surface area contributed by atoms with Gasteiger partial charge in [-0.1, -0.05) is 0 Å². The predicted octanol–water partition coefficient (Wildman–Crippen LogP) is 1.01. The van der Waals surface area contributed by atoms with E-state index in [0.717, 1.165) is 32.6 Å². The number of amides is 1. The fourth-order valence-electron chi connectivity index (χ4n) is 3.06. The SMILES string of the molecule is CNS(=O)(=O)C1CCN(CC2CCN2C(=O)OC(C)(C)C)CC1. The summed E-state index contributed by atoms with van der Waals surface area (Å²) in [5.74, 6) is 0. The van der Waals surface area contributed by atoms with Crippen molar-refractivity contribution in [2.24, 2.45) is 0 Å². The van der Waals surface area contributed by atoms with E-state index in [1.807, 2.05) is 20.8 Å². The van der Waals surface area contributed by atoms with E-state index >= 15 is 0 Å². The van der Waals surface area contributed by atoms with E-state index in [4.69, 9.17) is 4.74 Å². The first-order valence-electron chi connectivity index (χ1n) is 8.27. The summed E-state index contributed by atoms with van der Waals surface area (Å²) in [4.78, 5) is 16.1. The molecule has 2 aliphatic heterocycles. The van der Waals surface area contributed by atoms with E-state index in [2.05, 4.69) is 9.62 Å². The summed E-state index contributed by atoms with van der Waals surface area (Å²) in [6.07, 6.45) is 2.01. The van der Waals surface area contributed by atoms with E-state index in [0.29, 0.717) is 12.8 Å². The number of hydrogen-bond donors (Lipinski definition) is 1. The molecule has 2 fully saturated rings. The first-order chi connectivity index (χ1) is 10.6. The van der Waals surface area contributed by atoms with Gasteiger partial charge in [-0.25, -0.2) is 17.9 Å². The van der Waals surface area contributed by atoms with Gasteiger partial charge < -0.3 is 14.5 Å². The molecule has 1 unspecified atom stereocenters. The summed E-state index contributed by atoms with van der Waals surface area (Å²) in [5, 5.41) is -0.299. The maximum absolute atomic E-state index is 12.1. The summed E-state index contributed by atoms with van der Waals surface area (Å²) in [6, 6.07) is 0.183. The van der Waals surface area contributed by atoms with Gasteiger partial charge in [-0.05, 0) is 60.2 Å². The summed E-state index contributed by atoms with van der Waals surface area (Å²) >= 11 is 0. The second-order valence-corrected chi connectivity index (χ2v) is 9.53. The van der Waals surface area contributed by atoms with Crippen LogP contribution in [0.4, 0.5) is 4.79 Å². The number of nitrogens with one attached hydrogen (secondary N) is 1. The molecule has 1 atom stereocenters. The van der Waals surface area contributed by atoms with Crippen LogP contribution in [0.1, 0.15) is 40.0 Å². The highest BCUT2D eigenvalue weighted by molar-refractivity contribution is 7.90. The first-order valence-corrected chi connectivity index (χ1v) is 9.81. The largest absolute Gasteiger partial charge is 0.444 e. The Kier molecular flexibility index (Phi) is 5.58. The fourth-order valence-corrected chi connectivity index (χ4v) is 4.22. The number of carbonyl (C=O) groups is 1. The summed E-state index contributed by atoms with van der Waals surface area (Å²) < 4.78 is 31.5. The molecule has 0 spiro atoms. The highest BCUT2D eigenvalue weighted by Crippen LogP contribution is 2.24. The Balaban J connectivity index is 1.80. The molecule has 1 amide bonds. The molecule has 1 N–H and O–H groups in total. The van der Waals surface area contributed by atoms with Crippen molar-refractivity contribution in [3.05, 3.63) is 0 Å². The number of rotatable bonds is 4. The number of hydrogen-bond acceptors (Lipinski definition) is 5. The lowest BCUT2D eigenvalue weighted by Crippen LogP contribution is -2.58. The fraction of sp³-hybridized carbons (Fsp3) is 0.933. The maximum atomic E-state index is 12.1. The molecule has 2 saturated heterocycles. The van der Waals surface area contributed by atoms with Gasteiger partial charge in [0.05, 0.1) is 5.25 Å². The Labute approximate surface area is 139 Å². The van der Waals surface area contributed by atoms with E-state index in [1.165, 1.54) is 7.05 Å². The van der Waals surface area contributed by atoms with Crippen LogP contribution in [0, 0.1) is 0 Å². The summed E-state index contributed by atoms with van der Waals surface area (Å²) in [6.45, 7) is 8.65. The molecule has 8 heteroatoms. The number of piperidine rings is 1. The van der Waals surface area contributed by atoms with Crippen LogP contribution in [0.25, 0.3) is 0 Å². The van der Waals surface area contributed by atoms with Crippen LogP contribution in [0.5, 0.6) is 0 Å². The Morgan fingerprint density at radius 1 is 1.17 bits per heavy atom. The van der Waals surface area contributed by atoms with Gasteiger partial charge in [0.2, 0.25) is 10.0 Å². The number of nitrogens with zero attached hydrogens (tertiary/aromatic N) is 2. The van der Waals surface area contributed by atoms with Crippen molar-refractivity contribution in [1.29, 1.82) is 0 Å². The van der Waals surface area contributed by atoms with Gasteiger partial charge in [0, 0.05) is 19.1 Å². The standard InChI is InChI=1S/C15H29N3O4S/c1-15(2,3)22-14(19)18-10-5-12(18)11-17-8-6-13(7-9-17)23(20,21)16-4/h12-13,16H,5-11H2,1-4H3. The van der Waals surface area contributed by atoms with Crippen LogP contribution in [-0.2, 0) is 14.8 Å². The number of likely N-dealkylation sites (tertiary alicyclic amines) is 2. The lowest BCUT2D eigenvalue weighted by molar-refractivity contribution is -0.0129. The van der Waals surface area contributed by atoms with Crippen molar-refractivity contribution in [3.63, 3.8) is 0 Å². The van der Waals surface area contributed by atoms with Crippen LogP contribution < -0.4 is 4.72 Å². The molecule has 0 bridgehead atoms. The van der Waals surface area contributed by atoms with Crippen LogP contribution in [0.3, 0.4) is 0 Å². The maximum Gasteiger partial charge on any atom is 0.410 e. The zero-order valence-electron chi connectivity index (χ0n) is 14.5. The van der Waals surface area contributed by atoms with Gasteiger partial charge in [-0.15, -0.1) is 0 Å². The highest BCUT2D eigenvalue weighted by atomic mass is 32.2. The van der Waals surface area contributed by atoms with Crippen molar-refractivity contribution >= 4 is 16.1 Å². The van der Waals surface area contributed by atoms with Crippen molar-refractivity contribution in [2.45, 2.75) is 56.9 Å². The molecule has 0 aliphatic carbocycles. The number of carbonyl (C=O) groups excluding carboxylic acids is 1. The van der Waals surface area contributed by atoms with Gasteiger partial charge in [-0.2, -0.15) is 0 Å². The molecule has 134 valence electrons. The smallest absolute Gasteiger partial charge is 0.410 e. The Morgan fingerprint density at radius 2 is 1.78 bits per heavy atom. The molecular formula is C15H29N3O4S. The van der Waals surface area contributed by atoms with Gasteiger partial charge in [0.1, 0.15) is 5.60 Å². The van der Waals surface area contributed by atoms with E-state index in [9.17, 15) is 13.2 Å². The van der Waals surface area contributed by atoms with Crippen molar-refractivity contribution in [2.75, 3.05) is 33.2 Å². The Hall–Kier alpha value is -0.860. The van der Waals surface area contributed by atoms with E-state index in [-0.39, 0.29) is 17.4 Å². The molecule has 0 radical (unpaired) electrons. The Bertz CT molecular complexity index is 521. The minimum absolute atomic E-state index is 0.183. The summed E-state index contributed by atoms with van der Waals surface area (Å²) in [7, 11) is -1.70. The second kappa shape index (κ2) is 6.94. The van der Waals surface area contributed by atoms with Gasteiger partial charge >= 0.3 is 6.09 Å². The molecule has 23 heavy (non-hydrogen) atoms. The average Bonchev–Trinajstić information content (AvgIpc) is 2.42. The van der Waals surface area contributed by atoms with Gasteiger partial charge in [0.15, 0.2) is 0 Å². The molecule has 2 heterocycles. The van der Waals surface area contributed by atoms with Gasteiger partial charge in [0.25, 0.3) is 0 Å². The van der Waals surface area contributed by atoms with Gasteiger partial charge in [-0.3, -0.25) is 0 Å². The predicted molar refractivity (Wildman–Crippen MR) is 88.8 cm³/mol. The molecule has 0 aromatic carbocycles. The van der Waals surface area contributed by atoms with E-state index < -0.39 is 15.6 Å². The average molecular weight is 347 g/mol. The molecular weight excluding hydrogens is 318 g/mol. The molecule has 0 saturated carbocycles. The minimum atomic E-state index is -3.17. The van der Waals surface area contributed by atoms with Crippen molar-refractivity contribution in [3.8, 4) is 0 Å². The molecule has 7 nitrogen and oxygen atoms in total. The third-order valence-electron chi connectivity index (χ3n) is 4.50. The third-order valence-corrected chi connectivity index (χ3v) is 6.42. The molecule has 2 rings (SSSR count).